The predicted molar refractivity (Wildman–Crippen MR) is 87.7 cm³/mol. The van der Waals surface area contributed by atoms with Crippen LogP contribution in [0.1, 0.15) is 12.5 Å². The molecule has 2 aromatic rings. The third-order valence-corrected chi connectivity index (χ3v) is 3.39. The molecule has 126 valence electrons. The van der Waals surface area contributed by atoms with Crippen LogP contribution in [0.2, 0.25) is 5.02 Å². The standard InChI is InChI=1S/C17H15ClF2N2O2/c1-10(21-15-4-2-3-12(18)8-15)17(24)22-16(23)7-11-5-13(19)9-14(20)6-11/h2-6,8-10,21H,7H2,1H3,(H,22,23,24)/t10-/m0/s1. The van der Waals surface area contributed by atoms with E-state index in [4.69, 9.17) is 11.6 Å². The summed E-state index contributed by atoms with van der Waals surface area (Å²) in [5, 5.41) is 5.60. The zero-order valence-corrected chi connectivity index (χ0v) is 13.5. The van der Waals surface area contributed by atoms with E-state index in [0.717, 1.165) is 12.1 Å². The first kappa shape index (κ1) is 17.9. The number of halogens is 3. The van der Waals surface area contributed by atoms with Gasteiger partial charge in [0.15, 0.2) is 0 Å². The highest BCUT2D eigenvalue weighted by Crippen LogP contribution is 2.15. The largest absolute Gasteiger partial charge is 0.374 e. The molecule has 0 unspecified atom stereocenters. The number of imide groups is 1. The van der Waals surface area contributed by atoms with E-state index in [1.165, 1.54) is 0 Å². The van der Waals surface area contributed by atoms with Gasteiger partial charge < -0.3 is 5.32 Å². The second kappa shape index (κ2) is 7.88. The molecule has 2 amide bonds. The molecular weight excluding hydrogens is 338 g/mol. The molecule has 0 bridgehead atoms. The van der Waals surface area contributed by atoms with Crippen molar-refractivity contribution in [2.45, 2.75) is 19.4 Å². The average Bonchev–Trinajstić information content (AvgIpc) is 2.45. The van der Waals surface area contributed by atoms with Crippen LogP contribution in [0.5, 0.6) is 0 Å². The molecule has 0 saturated carbocycles. The van der Waals surface area contributed by atoms with Gasteiger partial charge in [-0.3, -0.25) is 14.9 Å². The lowest BCUT2D eigenvalue weighted by Crippen LogP contribution is -2.41. The molecule has 2 aromatic carbocycles. The van der Waals surface area contributed by atoms with Gasteiger partial charge in [0.05, 0.1) is 6.42 Å². The van der Waals surface area contributed by atoms with Gasteiger partial charge in [0, 0.05) is 16.8 Å². The summed E-state index contributed by atoms with van der Waals surface area (Å²) in [5.74, 6) is -2.76. The minimum Gasteiger partial charge on any atom is -0.374 e. The van der Waals surface area contributed by atoms with Crippen molar-refractivity contribution in [3.8, 4) is 0 Å². The van der Waals surface area contributed by atoms with E-state index in [9.17, 15) is 18.4 Å². The minimum absolute atomic E-state index is 0.147. The number of nitrogens with one attached hydrogen (secondary N) is 2. The van der Waals surface area contributed by atoms with Crippen LogP contribution < -0.4 is 10.6 Å². The second-order valence-corrected chi connectivity index (χ2v) is 5.68. The Morgan fingerprint density at radius 3 is 2.42 bits per heavy atom. The highest BCUT2D eigenvalue weighted by atomic mass is 35.5. The van der Waals surface area contributed by atoms with Gasteiger partial charge in [-0.15, -0.1) is 0 Å². The molecule has 0 heterocycles. The minimum atomic E-state index is -0.778. The van der Waals surface area contributed by atoms with E-state index >= 15 is 0 Å². The Bertz CT molecular complexity index is 748. The zero-order valence-electron chi connectivity index (χ0n) is 12.8. The van der Waals surface area contributed by atoms with Gasteiger partial charge in [-0.2, -0.15) is 0 Å². The van der Waals surface area contributed by atoms with Gasteiger partial charge in [0.2, 0.25) is 11.8 Å². The number of anilines is 1. The Kier molecular flexibility index (Phi) is 5.87. The van der Waals surface area contributed by atoms with Crippen molar-refractivity contribution in [2.75, 3.05) is 5.32 Å². The number of carbonyl (C=O) groups excluding carboxylic acids is 2. The molecule has 0 spiro atoms. The highest BCUT2D eigenvalue weighted by Gasteiger charge is 2.16. The van der Waals surface area contributed by atoms with Crippen LogP contribution in [0.3, 0.4) is 0 Å². The summed E-state index contributed by atoms with van der Waals surface area (Å²) in [6, 6.07) is 8.88. The fraction of sp³-hybridized carbons (Fsp3) is 0.176. The number of hydrogen-bond donors (Lipinski definition) is 2. The summed E-state index contributed by atoms with van der Waals surface area (Å²) >= 11 is 5.85. The van der Waals surface area contributed by atoms with Crippen LogP contribution in [0.4, 0.5) is 14.5 Å². The predicted octanol–water partition coefficient (Wildman–Crippen LogP) is 3.30. The molecule has 0 aliphatic heterocycles. The zero-order chi connectivity index (χ0) is 17.7. The van der Waals surface area contributed by atoms with E-state index in [1.807, 2.05) is 0 Å². The fourth-order valence-electron chi connectivity index (χ4n) is 2.08. The SMILES string of the molecule is C[C@H](Nc1cccc(Cl)c1)C(=O)NC(=O)Cc1cc(F)cc(F)c1. The molecule has 1 atom stereocenters. The van der Waals surface area contributed by atoms with Gasteiger partial charge >= 0.3 is 0 Å². The smallest absolute Gasteiger partial charge is 0.248 e. The maximum atomic E-state index is 13.1. The second-order valence-electron chi connectivity index (χ2n) is 5.24. The van der Waals surface area contributed by atoms with E-state index in [2.05, 4.69) is 10.6 Å². The first-order valence-electron chi connectivity index (χ1n) is 7.14. The number of benzene rings is 2. The van der Waals surface area contributed by atoms with Gasteiger partial charge in [0.1, 0.15) is 17.7 Å². The van der Waals surface area contributed by atoms with Crippen molar-refractivity contribution in [1.29, 1.82) is 0 Å². The molecular formula is C17H15ClF2N2O2. The Morgan fingerprint density at radius 1 is 1.12 bits per heavy atom. The summed E-state index contributed by atoms with van der Waals surface area (Å²) in [7, 11) is 0. The number of amides is 2. The van der Waals surface area contributed by atoms with Crippen LogP contribution in [0, 0.1) is 11.6 Å². The number of rotatable bonds is 5. The maximum absolute atomic E-state index is 13.1. The molecule has 0 radical (unpaired) electrons. The summed E-state index contributed by atoms with van der Waals surface area (Å²) in [6.45, 7) is 1.57. The van der Waals surface area contributed by atoms with Gasteiger partial charge in [0.25, 0.3) is 0 Å². The van der Waals surface area contributed by atoms with Crippen molar-refractivity contribution >= 4 is 29.1 Å². The van der Waals surface area contributed by atoms with Crippen molar-refractivity contribution in [1.82, 2.24) is 5.32 Å². The third-order valence-electron chi connectivity index (χ3n) is 3.15. The van der Waals surface area contributed by atoms with E-state index < -0.39 is 29.5 Å². The van der Waals surface area contributed by atoms with E-state index in [-0.39, 0.29) is 12.0 Å². The lowest BCUT2D eigenvalue weighted by molar-refractivity contribution is -0.130. The van der Waals surface area contributed by atoms with Crippen molar-refractivity contribution in [3.63, 3.8) is 0 Å². The highest BCUT2D eigenvalue weighted by molar-refractivity contribution is 6.30. The quantitative estimate of drug-likeness (QED) is 0.868. The summed E-state index contributed by atoms with van der Waals surface area (Å²) < 4.78 is 26.2. The average molecular weight is 353 g/mol. The fourth-order valence-corrected chi connectivity index (χ4v) is 2.27. The molecule has 0 saturated heterocycles. The number of hydrogen-bond acceptors (Lipinski definition) is 3. The van der Waals surface area contributed by atoms with Gasteiger partial charge in [-0.25, -0.2) is 8.78 Å². The Hall–Kier alpha value is -2.47. The Labute approximate surface area is 142 Å². The van der Waals surface area contributed by atoms with E-state index in [1.54, 1.807) is 31.2 Å². The normalized spacial score (nSPS) is 11.7. The van der Waals surface area contributed by atoms with Crippen LogP contribution in [-0.4, -0.2) is 17.9 Å². The molecule has 2 rings (SSSR count). The first-order valence-corrected chi connectivity index (χ1v) is 7.52. The molecule has 7 heteroatoms. The first-order chi connectivity index (χ1) is 11.3. The molecule has 0 aromatic heterocycles. The lowest BCUT2D eigenvalue weighted by Gasteiger charge is -2.15. The van der Waals surface area contributed by atoms with Gasteiger partial charge in [-0.05, 0) is 42.8 Å². The molecule has 2 N–H and O–H groups in total. The topological polar surface area (TPSA) is 58.2 Å². The van der Waals surface area contributed by atoms with Crippen molar-refractivity contribution in [2.24, 2.45) is 0 Å². The van der Waals surface area contributed by atoms with E-state index in [0.29, 0.717) is 16.8 Å². The third kappa shape index (κ3) is 5.31. The van der Waals surface area contributed by atoms with Crippen molar-refractivity contribution < 1.29 is 18.4 Å². The molecule has 4 nitrogen and oxygen atoms in total. The monoisotopic (exact) mass is 352 g/mol. The molecule has 24 heavy (non-hydrogen) atoms. The Morgan fingerprint density at radius 2 is 1.79 bits per heavy atom. The Balaban J connectivity index is 1.91. The lowest BCUT2D eigenvalue weighted by atomic mass is 10.1. The van der Waals surface area contributed by atoms with Crippen LogP contribution in [-0.2, 0) is 16.0 Å². The summed E-state index contributed by atoms with van der Waals surface area (Å²) in [5.41, 5.74) is 0.776. The van der Waals surface area contributed by atoms with Crippen molar-refractivity contribution in [3.05, 3.63) is 64.7 Å². The maximum Gasteiger partial charge on any atom is 0.248 e. The van der Waals surface area contributed by atoms with Gasteiger partial charge in [-0.1, -0.05) is 17.7 Å². The summed E-state index contributed by atoms with van der Waals surface area (Å²) in [4.78, 5) is 23.8. The van der Waals surface area contributed by atoms with Crippen LogP contribution in [0.25, 0.3) is 0 Å². The molecule has 0 aliphatic carbocycles. The van der Waals surface area contributed by atoms with Crippen LogP contribution in [0.15, 0.2) is 42.5 Å². The number of carbonyl (C=O) groups is 2. The molecule has 0 fully saturated rings. The van der Waals surface area contributed by atoms with Crippen LogP contribution >= 0.6 is 11.6 Å². The molecule has 0 aliphatic rings. The summed E-state index contributed by atoms with van der Waals surface area (Å²) in [6.07, 6.45) is -0.301.